The highest BCUT2D eigenvalue weighted by Gasteiger charge is 2.48. The van der Waals surface area contributed by atoms with E-state index in [0.29, 0.717) is 24.2 Å². The van der Waals surface area contributed by atoms with E-state index < -0.39 is 18.0 Å². The molecule has 5 heterocycles. The van der Waals surface area contributed by atoms with E-state index in [0.717, 1.165) is 63.3 Å². The van der Waals surface area contributed by atoms with Gasteiger partial charge in [-0.15, -0.1) is 0 Å². The Hall–Kier alpha value is -4.24. The second-order valence-electron chi connectivity index (χ2n) is 12.8. The van der Waals surface area contributed by atoms with Gasteiger partial charge >= 0.3 is 11.9 Å². The number of fused-ring (bicyclic) bond motifs is 7. The number of ether oxygens (including phenoxy) is 2. The molecule has 0 saturated carbocycles. The van der Waals surface area contributed by atoms with Crippen LogP contribution in [0.5, 0.6) is 0 Å². The molecule has 0 radical (unpaired) electrons. The van der Waals surface area contributed by atoms with Gasteiger partial charge in [0.05, 0.1) is 25.5 Å². The molecule has 3 aromatic heterocycles. The number of aromatic nitrogens is 3. The highest BCUT2D eigenvalue weighted by atomic mass is 16.5. The van der Waals surface area contributed by atoms with E-state index in [-0.39, 0.29) is 24.2 Å². The Morgan fingerprint density at radius 2 is 1.57 bits per heavy atom. The molecule has 1 fully saturated rings. The number of aliphatic hydroxyl groups is 1. The zero-order valence-corrected chi connectivity index (χ0v) is 28.2. The van der Waals surface area contributed by atoms with Gasteiger partial charge in [0.2, 0.25) is 0 Å². The van der Waals surface area contributed by atoms with Crippen molar-refractivity contribution in [2.75, 3.05) is 13.7 Å². The summed E-state index contributed by atoms with van der Waals surface area (Å²) in [4.78, 5) is 37.0. The number of carbonyl (C=O) groups excluding carboxylic acids is 2. The Bertz CT molecular complexity index is 1920. The average Bonchev–Trinajstić information content (AvgIpc) is 3.77. The van der Waals surface area contributed by atoms with E-state index in [1.165, 1.54) is 29.4 Å². The van der Waals surface area contributed by atoms with Gasteiger partial charge in [0.15, 0.2) is 0 Å². The number of rotatable bonds is 7. The predicted molar refractivity (Wildman–Crippen MR) is 179 cm³/mol. The van der Waals surface area contributed by atoms with Crippen LogP contribution in [-0.4, -0.2) is 45.7 Å². The highest BCUT2D eigenvalue weighted by molar-refractivity contribution is 5.95. The first kappa shape index (κ1) is 31.7. The lowest BCUT2D eigenvalue weighted by Crippen LogP contribution is -2.24. The standard InChI is InChI=1S/C37H46N4O5/c1-9-21-17(4)24-14-26-19(6)23(12-13-30(42)46-11-3)34(40-26)32-33(37(44)45-8)36(43)31-20(7)27(41-35(31)32)16-29-22(10-2)18(5)25(39-29)15-28(21)38-24/h14-16,19,23,33,36,38-41,43H,9-13H2,1-8H3/b25-15-,26-14-,29-16-,34-32-/t19-,23-,33+,36-/m0/s1. The first-order valence-electron chi connectivity index (χ1n) is 16.5. The van der Waals surface area contributed by atoms with Gasteiger partial charge in [-0.05, 0) is 93.0 Å². The molecule has 0 spiro atoms. The molecule has 0 unspecified atom stereocenters. The fraction of sp³-hybridized carbons (Fsp3) is 0.459. The monoisotopic (exact) mass is 626 g/mol. The Labute approximate surface area is 269 Å². The van der Waals surface area contributed by atoms with Crippen LogP contribution in [0.15, 0.2) is 11.4 Å². The quantitative estimate of drug-likeness (QED) is 0.246. The topological polar surface area (TPSA) is 132 Å². The molecule has 2 aliphatic heterocycles. The predicted octanol–water partition coefficient (Wildman–Crippen LogP) is 4.48. The molecule has 9 nitrogen and oxygen atoms in total. The van der Waals surface area contributed by atoms with Gasteiger partial charge in [0.1, 0.15) is 5.92 Å². The zero-order chi connectivity index (χ0) is 33.0. The summed E-state index contributed by atoms with van der Waals surface area (Å²) in [5, 5.41) is 17.6. The van der Waals surface area contributed by atoms with Crippen LogP contribution < -0.4 is 16.0 Å². The second kappa shape index (κ2) is 12.2. The van der Waals surface area contributed by atoms with Gasteiger partial charge in [0.25, 0.3) is 0 Å². The van der Waals surface area contributed by atoms with Crippen molar-refractivity contribution in [1.29, 1.82) is 0 Å². The first-order valence-corrected chi connectivity index (χ1v) is 16.5. The number of allylic oxidation sites excluding steroid dienone is 2. The van der Waals surface area contributed by atoms with Crippen molar-refractivity contribution in [2.24, 2.45) is 17.8 Å². The van der Waals surface area contributed by atoms with Crippen molar-refractivity contribution in [3.8, 4) is 0 Å². The van der Waals surface area contributed by atoms with Gasteiger partial charge < -0.3 is 34.8 Å². The molecule has 9 heteroatoms. The van der Waals surface area contributed by atoms with Crippen LogP contribution in [0.1, 0.15) is 103 Å². The SMILES string of the molecule is CCOC(=O)CC[C@@H]1/C2=C3/c4[nH]c(c(C)c4[C@H](O)[C@@H]3C(=O)OC)/C=c3\[nH]/c(c(C)c3CC)=C\c3[nH]c(c(C)c3CC)/C=C(\N2)[C@H]1C. The summed E-state index contributed by atoms with van der Waals surface area (Å²) >= 11 is 0. The minimum atomic E-state index is -1.08. The summed E-state index contributed by atoms with van der Waals surface area (Å²) in [5.74, 6) is -1.80. The van der Waals surface area contributed by atoms with Gasteiger partial charge in [0, 0.05) is 68.6 Å². The van der Waals surface area contributed by atoms with Crippen LogP contribution in [-0.2, 0) is 31.9 Å². The van der Waals surface area contributed by atoms with Gasteiger partial charge in [-0.1, -0.05) is 20.8 Å². The normalized spacial score (nSPS) is 25.6. The maximum atomic E-state index is 13.4. The smallest absolute Gasteiger partial charge is 0.316 e. The van der Waals surface area contributed by atoms with E-state index in [9.17, 15) is 14.7 Å². The lowest BCUT2D eigenvalue weighted by Gasteiger charge is -2.21. The highest BCUT2D eigenvalue weighted by Crippen LogP contribution is 2.52. The number of methoxy groups -OCH3 is 1. The number of nitrogens with one attached hydrogen (secondary N) is 4. The molecule has 6 rings (SSSR count). The maximum absolute atomic E-state index is 13.4. The molecule has 5 N–H and O–H groups in total. The van der Waals surface area contributed by atoms with Gasteiger partial charge in [-0.2, -0.15) is 0 Å². The third-order valence-electron chi connectivity index (χ3n) is 10.5. The van der Waals surface area contributed by atoms with Crippen LogP contribution in [0.2, 0.25) is 0 Å². The molecule has 46 heavy (non-hydrogen) atoms. The van der Waals surface area contributed by atoms with E-state index >= 15 is 0 Å². The molecule has 0 aromatic carbocycles. The van der Waals surface area contributed by atoms with Gasteiger partial charge in [-0.3, -0.25) is 9.59 Å². The van der Waals surface area contributed by atoms with Crippen LogP contribution >= 0.6 is 0 Å². The third kappa shape index (κ3) is 4.96. The molecule has 4 atom stereocenters. The van der Waals surface area contributed by atoms with Crippen molar-refractivity contribution in [2.45, 2.75) is 80.3 Å². The summed E-state index contributed by atoms with van der Waals surface area (Å²) in [6.45, 7) is 14.9. The second-order valence-corrected chi connectivity index (χ2v) is 12.8. The molecule has 3 aliphatic rings. The minimum Gasteiger partial charge on any atom is -0.468 e. The van der Waals surface area contributed by atoms with Crippen LogP contribution in [0.25, 0.3) is 23.8 Å². The average molecular weight is 627 g/mol. The fourth-order valence-electron chi connectivity index (χ4n) is 7.92. The van der Waals surface area contributed by atoms with Crippen LogP contribution in [0.3, 0.4) is 0 Å². The number of esters is 2. The van der Waals surface area contributed by atoms with E-state index in [4.69, 9.17) is 9.47 Å². The molecule has 3 aromatic rings. The van der Waals surface area contributed by atoms with Crippen molar-refractivity contribution in [3.05, 3.63) is 78.2 Å². The number of carbonyl (C=O) groups is 2. The molecule has 8 bridgehead atoms. The lowest BCUT2D eigenvalue weighted by atomic mass is 9.84. The Balaban J connectivity index is 1.68. The molecule has 0 amide bonds. The molecule has 1 aliphatic carbocycles. The van der Waals surface area contributed by atoms with Crippen LogP contribution in [0.4, 0.5) is 0 Å². The van der Waals surface area contributed by atoms with E-state index in [1.54, 1.807) is 6.92 Å². The molecular formula is C37H46N4O5. The Morgan fingerprint density at radius 1 is 0.870 bits per heavy atom. The van der Waals surface area contributed by atoms with Crippen molar-refractivity contribution in [3.63, 3.8) is 0 Å². The maximum Gasteiger partial charge on any atom is 0.316 e. The molecule has 244 valence electrons. The van der Waals surface area contributed by atoms with Gasteiger partial charge in [-0.25, -0.2) is 0 Å². The number of H-pyrrole nitrogens is 3. The van der Waals surface area contributed by atoms with E-state index in [1.807, 2.05) is 6.92 Å². The first-order chi connectivity index (χ1) is 22.0. The number of hydrogen-bond donors (Lipinski definition) is 5. The zero-order valence-electron chi connectivity index (χ0n) is 28.2. The van der Waals surface area contributed by atoms with Crippen molar-refractivity contribution >= 4 is 35.7 Å². The summed E-state index contributed by atoms with van der Waals surface area (Å²) in [7, 11) is 1.36. The largest absolute Gasteiger partial charge is 0.468 e. The van der Waals surface area contributed by atoms with Crippen molar-refractivity contribution in [1.82, 2.24) is 20.3 Å². The van der Waals surface area contributed by atoms with Crippen molar-refractivity contribution < 1.29 is 24.2 Å². The van der Waals surface area contributed by atoms with E-state index in [2.05, 4.69) is 73.1 Å². The number of aliphatic hydroxyl groups excluding tert-OH is 1. The molecular weight excluding hydrogens is 580 g/mol. The summed E-state index contributed by atoms with van der Waals surface area (Å²) < 4.78 is 10.6. The third-order valence-corrected chi connectivity index (χ3v) is 10.5. The summed E-state index contributed by atoms with van der Waals surface area (Å²) in [6, 6.07) is 0. The number of aromatic amines is 3. The summed E-state index contributed by atoms with van der Waals surface area (Å²) in [5.41, 5.74) is 12.7. The lowest BCUT2D eigenvalue weighted by molar-refractivity contribution is -0.146. The van der Waals surface area contributed by atoms with Crippen LogP contribution in [0, 0.1) is 38.5 Å². The summed E-state index contributed by atoms with van der Waals surface area (Å²) in [6.07, 6.45) is 7.91. The minimum absolute atomic E-state index is 0.00528. The fourth-order valence-corrected chi connectivity index (χ4v) is 7.92. The number of hydrogen-bond acceptors (Lipinski definition) is 6. The Kier molecular flexibility index (Phi) is 8.40. The Morgan fingerprint density at radius 3 is 2.24 bits per heavy atom. The molecule has 1 saturated heterocycles.